The predicted molar refractivity (Wildman–Crippen MR) is 92.0 cm³/mol. The zero-order valence-electron chi connectivity index (χ0n) is 14.5. The van der Waals surface area contributed by atoms with Crippen LogP contribution in [0.4, 0.5) is 0 Å². The topological polar surface area (TPSA) is 62.7 Å². The maximum atomic E-state index is 13.3. The summed E-state index contributed by atoms with van der Waals surface area (Å²) in [6.45, 7) is 3.53. The fourth-order valence-electron chi connectivity index (χ4n) is 4.54. The average molecular weight is 343 g/mol. The average Bonchev–Trinajstić information content (AvgIpc) is 3.10. The molecule has 2 amide bonds. The SMILES string of the molecule is O=C(c1cccnc1)N1CCC2(CCCN(C3CCOCC3)C2=O)C1. The highest BCUT2D eigenvalue weighted by Crippen LogP contribution is 2.41. The Hall–Kier alpha value is -1.95. The first kappa shape index (κ1) is 16.5. The second-order valence-corrected chi connectivity index (χ2v) is 7.44. The highest BCUT2D eigenvalue weighted by molar-refractivity contribution is 5.95. The van der Waals surface area contributed by atoms with E-state index >= 15 is 0 Å². The number of nitrogens with zero attached hydrogens (tertiary/aromatic N) is 3. The number of amides is 2. The molecular formula is C19H25N3O3. The number of ether oxygens (including phenoxy) is 1. The van der Waals surface area contributed by atoms with Gasteiger partial charge in [0, 0.05) is 51.3 Å². The Kier molecular flexibility index (Phi) is 4.46. The molecule has 0 radical (unpaired) electrons. The first-order valence-corrected chi connectivity index (χ1v) is 9.28. The molecule has 1 spiro atoms. The molecule has 1 unspecified atom stereocenters. The van der Waals surface area contributed by atoms with Crippen molar-refractivity contribution in [3.8, 4) is 0 Å². The van der Waals surface area contributed by atoms with Crippen LogP contribution in [-0.4, -0.2) is 65.5 Å². The molecule has 25 heavy (non-hydrogen) atoms. The van der Waals surface area contributed by atoms with Gasteiger partial charge in [-0.15, -0.1) is 0 Å². The van der Waals surface area contributed by atoms with E-state index in [9.17, 15) is 9.59 Å². The van der Waals surface area contributed by atoms with E-state index in [0.717, 1.165) is 51.9 Å². The van der Waals surface area contributed by atoms with Crippen LogP contribution in [-0.2, 0) is 9.53 Å². The zero-order valence-corrected chi connectivity index (χ0v) is 14.5. The van der Waals surface area contributed by atoms with E-state index in [4.69, 9.17) is 4.74 Å². The normalized spacial score (nSPS) is 27.9. The Morgan fingerprint density at radius 1 is 1.24 bits per heavy atom. The van der Waals surface area contributed by atoms with Crippen molar-refractivity contribution in [3.63, 3.8) is 0 Å². The zero-order chi connectivity index (χ0) is 17.3. The minimum atomic E-state index is -0.381. The summed E-state index contributed by atoms with van der Waals surface area (Å²) in [6, 6.07) is 3.87. The van der Waals surface area contributed by atoms with E-state index in [2.05, 4.69) is 9.88 Å². The van der Waals surface area contributed by atoms with Gasteiger partial charge in [0.15, 0.2) is 0 Å². The molecule has 4 rings (SSSR count). The molecule has 1 aromatic heterocycles. The van der Waals surface area contributed by atoms with Crippen LogP contribution in [0.25, 0.3) is 0 Å². The number of likely N-dealkylation sites (tertiary alicyclic amines) is 2. The molecule has 6 nitrogen and oxygen atoms in total. The molecule has 6 heteroatoms. The van der Waals surface area contributed by atoms with Crippen molar-refractivity contribution in [2.75, 3.05) is 32.8 Å². The van der Waals surface area contributed by atoms with Crippen molar-refractivity contribution in [2.45, 2.75) is 38.1 Å². The Morgan fingerprint density at radius 3 is 2.84 bits per heavy atom. The molecule has 0 bridgehead atoms. The molecule has 3 saturated heterocycles. The van der Waals surface area contributed by atoms with Gasteiger partial charge < -0.3 is 14.5 Å². The number of pyridine rings is 1. The van der Waals surface area contributed by atoms with Crippen molar-refractivity contribution in [1.82, 2.24) is 14.8 Å². The van der Waals surface area contributed by atoms with Crippen LogP contribution in [0.1, 0.15) is 42.5 Å². The molecule has 4 heterocycles. The third-order valence-corrected chi connectivity index (χ3v) is 5.95. The Labute approximate surface area is 148 Å². The van der Waals surface area contributed by atoms with Gasteiger partial charge in [0.2, 0.25) is 5.91 Å². The maximum absolute atomic E-state index is 13.3. The summed E-state index contributed by atoms with van der Waals surface area (Å²) >= 11 is 0. The van der Waals surface area contributed by atoms with Gasteiger partial charge >= 0.3 is 0 Å². The van der Waals surface area contributed by atoms with E-state index in [1.807, 2.05) is 4.90 Å². The van der Waals surface area contributed by atoms with Gasteiger partial charge in [-0.05, 0) is 44.2 Å². The standard InChI is InChI=1S/C19H25N3O3/c23-17(15-3-1-8-20-13-15)21-10-7-19(14-21)6-2-9-22(18(19)24)16-4-11-25-12-5-16/h1,3,8,13,16H,2,4-7,9-12,14H2. The fraction of sp³-hybridized carbons (Fsp3) is 0.632. The van der Waals surface area contributed by atoms with Crippen LogP contribution < -0.4 is 0 Å². The third kappa shape index (κ3) is 3.03. The van der Waals surface area contributed by atoms with Crippen LogP contribution in [0.3, 0.4) is 0 Å². The summed E-state index contributed by atoms with van der Waals surface area (Å²) < 4.78 is 5.44. The van der Waals surface area contributed by atoms with Gasteiger partial charge in [-0.25, -0.2) is 0 Å². The Balaban J connectivity index is 1.48. The summed E-state index contributed by atoms with van der Waals surface area (Å²) in [6.07, 6.45) is 7.82. The number of carbonyl (C=O) groups is 2. The summed E-state index contributed by atoms with van der Waals surface area (Å²) in [7, 11) is 0. The first-order valence-electron chi connectivity index (χ1n) is 9.28. The molecule has 0 aromatic carbocycles. The predicted octanol–water partition coefficient (Wildman–Crippen LogP) is 1.72. The molecule has 1 aromatic rings. The number of rotatable bonds is 2. The van der Waals surface area contributed by atoms with Crippen molar-refractivity contribution >= 4 is 11.8 Å². The number of carbonyl (C=O) groups excluding carboxylic acids is 2. The van der Waals surface area contributed by atoms with Crippen LogP contribution in [0.2, 0.25) is 0 Å². The van der Waals surface area contributed by atoms with Gasteiger partial charge in [-0.1, -0.05) is 0 Å². The number of piperidine rings is 1. The minimum Gasteiger partial charge on any atom is -0.381 e. The number of aromatic nitrogens is 1. The molecule has 0 aliphatic carbocycles. The fourth-order valence-corrected chi connectivity index (χ4v) is 4.54. The second kappa shape index (κ2) is 6.75. The molecule has 1 atom stereocenters. The lowest BCUT2D eigenvalue weighted by atomic mass is 9.77. The van der Waals surface area contributed by atoms with E-state index in [1.165, 1.54) is 0 Å². The van der Waals surface area contributed by atoms with Gasteiger partial charge in [-0.2, -0.15) is 0 Å². The Bertz CT molecular complexity index is 645. The smallest absolute Gasteiger partial charge is 0.255 e. The van der Waals surface area contributed by atoms with E-state index < -0.39 is 0 Å². The lowest BCUT2D eigenvalue weighted by Crippen LogP contribution is -2.55. The van der Waals surface area contributed by atoms with Gasteiger partial charge in [0.05, 0.1) is 11.0 Å². The number of hydrogen-bond acceptors (Lipinski definition) is 4. The van der Waals surface area contributed by atoms with Gasteiger partial charge in [-0.3, -0.25) is 14.6 Å². The molecular weight excluding hydrogens is 318 g/mol. The lowest BCUT2D eigenvalue weighted by molar-refractivity contribution is -0.150. The van der Waals surface area contributed by atoms with Crippen LogP contribution in [0, 0.1) is 5.41 Å². The largest absolute Gasteiger partial charge is 0.381 e. The first-order chi connectivity index (χ1) is 12.2. The van der Waals surface area contributed by atoms with Crippen LogP contribution in [0.15, 0.2) is 24.5 Å². The summed E-state index contributed by atoms with van der Waals surface area (Å²) in [4.78, 5) is 34.0. The molecule has 134 valence electrons. The monoisotopic (exact) mass is 343 g/mol. The summed E-state index contributed by atoms with van der Waals surface area (Å²) in [5.74, 6) is 0.244. The van der Waals surface area contributed by atoms with Gasteiger partial charge in [0.25, 0.3) is 5.91 Å². The third-order valence-electron chi connectivity index (χ3n) is 5.95. The van der Waals surface area contributed by atoms with Gasteiger partial charge in [0.1, 0.15) is 0 Å². The highest BCUT2D eigenvalue weighted by Gasteiger charge is 2.50. The molecule has 3 aliphatic heterocycles. The van der Waals surface area contributed by atoms with E-state index in [-0.39, 0.29) is 17.2 Å². The lowest BCUT2D eigenvalue weighted by Gasteiger charge is -2.44. The minimum absolute atomic E-state index is 0.0130. The molecule has 0 saturated carbocycles. The maximum Gasteiger partial charge on any atom is 0.255 e. The van der Waals surface area contributed by atoms with Crippen LogP contribution in [0.5, 0.6) is 0 Å². The molecule has 0 N–H and O–H groups in total. The second-order valence-electron chi connectivity index (χ2n) is 7.44. The van der Waals surface area contributed by atoms with Crippen molar-refractivity contribution < 1.29 is 14.3 Å². The summed E-state index contributed by atoms with van der Waals surface area (Å²) in [5.41, 5.74) is 0.220. The summed E-state index contributed by atoms with van der Waals surface area (Å²) in [5, 5.41) is 0. The number of hydrogen-bond donors (Lipinski definition) is 0. The quantitative estimate of drug-likeness (QED) is 0.820. The van der Waals surface area contributed by atoms with Crippen molar-refractivity contribution in [3.05, 3.63) is 30.1 Å². The van der Waals surface area contributed by atoms with E-state index in [1.54, 1.807) is 24.5 Å². The van der Waals surface area contributed by atoms with Crippen molar-refractivity contribution in [1.29, 1.82) is 0 Å². The van der Waals surface area contributed by atoms with Crippen LogP contribution >= 0.6 is 0 Å². The molecule has 3 fully saturated rings. The van der Waals surface area contributed by atoms with Crippen molar-refractivity contribution in [2.24, 2.45) is 5.41 Å². The molecule has 3 aliphatic rings. The Morgan fingerprint density at radius 2 is 2.08 bits per heavy atom. The highest BCUT2D eigenvalue weighted by atomic mass is 16.5. The van der Waals surface area contributed by atoms with E-state index in [0.29, 0.717) is 24.7 Å².